The lowest BCUT2D eigenvalue weighted by molar-refractivity contribution is 0.100. The first-order chi connectivity index (χ1) is 8.67. The van der Waals surface area contributed by atoms with Crippen molar-refractivity contribution in [3.8, 4) is 5.69 Å². The quantitative estimate of drug-likeness (QED) is 0.854. The highest BCUT2D eigenvalue weighted by molar-refractivity contribution is 6.16. The molecule has 2 N–H and O–H groups in total. The third kappa shape index (κ3) is 2.22. The van der Waals surface area contributed by atoms with Gasteiger partial charge in [0.05, 0.1) is 5.88 Å². The van der Waals surface area contributed by atoms with Gasteiger partial charge >= 0.3 is 0 Å². The summed E-state index contributed by atoms with van der Waals surface area (Å²) in [6, 6.07) is 6.96. The largest absolute Gasteiger partial charge is 0.366 e. The van der Waals surface area contributed by atoms with E-state index in [1.807, 2.05) is 11.5 Å². The van der Waals surface area contributed by atoms with Crippen molar-refractivity contribution in [3.63, 3.8) is 0 Å². The molecule has 94 valence electrons. The number of halogens is 1. The smallest absolute Gasteiger partial charge is 0.248 e. The molecule has 1 heterocycles. The first kappa shape index (κ1) is 12.6. The molecule has 2 aromatic rings. The number of carbonyl (C=O) groups is 1. The monoisotopic (exact) mass is 264 g/mol. The Morgan fingerprint density at radius 1 is 1.28 bits per heavy atom. The number of amides is 1. The van der Waals surface area contributed by atoms with Crippen LogP contribution in [0.4, 0.5) is 0 Å². The maximum atomic E-state index is 11.0. The van der Waals surface area contributed by atoms with Crippen LogP contribution in [0.1, 0.15) is 28.9 Å². The number of benzene rings is 1. The van der Waals surface area contributed by atoms with Gasteiger partial charge in [0.1, 0.15) is 5.82 Å². The van der Waals surface area contributed by atoms with Crippen molar-refractivity contribution in [1.82, 2.24) is 14.8 Å². The van der Waals surface area contributed by atoms with Crippen LogP contribution in [-0.2, 0) is 12.3 Å². The molecule has 5 nitrogen and oxygen atoms in total. The number of alkyl halides is 1. The molecule has 0 fully saturated rings. The van der Waals surface area contributed by atoms with Gasteiger partial charge < -0.3 is 5.73 Å². The molecule has 2 rings (SSSR count). The molecule has 0 aliphatic carbocycles. The standard InChI is InChI=1S/C12H13ClN4O/c1-2-10-15-16-11(7-13)17(10)9-5-3-8(4-6-9)12(14)18/h3-6H,2,7H2,1H3,(H2,14,18). The van der Waals surface area contributed by atoms with Crippen molar-refractivity contribution < 1.29 is 4.79 Å². The summed E-state index contributed by atoms with van der Waals surface area (Å²) < 4.78 is 1.89. The molecule has 0 spiro atoms. The van der Waals surface area contributed by atoms with Gasteiger partial charge in [-0.3, -0.25) is 9.36 Å². The lowest BCUT2D eigenvalue weighted by Gasteiger charge is -2.08. The van der Waals surface area contributed by atoms with Gasteiger partial charge in [0.25, 0.3) is 0 Å². The Labute approximate surface area is 110 Å². The minimum absolute atomic E-state index is 0.282. The van der Waals surface area contributed by atoms with Gasteiger partial charge in [0, 0.05) is 17.7 Å². The van der Waals surface area contributed by atoms with Crippen LogP contribution in [0.25, 0.3) is 5.69 Å². The molecular formula is C12H13ClN4O. The summed E-state index contributed by atoms with van der Waals surface area (Å²) in [5.41, 5.74) is 6.55. The van der Waals surface area contributed by atoms with Gasteiger partial charge in [-0.15, -0.1) is 21.8 Å². The van der Waals surface area contributed by atoms with Gasteiger partial charge in [-0.1, -0.05) is 6.92 Å². The third-order valence-corrected chi connectivity index (χ3v) is 2.88. The Balaban J connectivity index is 2.47. The van der Waals surface area contributed by atoms with E-state index in [4.69, 9.17) is 17.3 Å². The second kappa shape index (κ2) is 5.18. The normalized spacial score (nSPS) is 10.6. The van der Waals surface area contributed by atoms with E-state index in [1.54, 1.807) is 24.3 Å². The van der Waals surface area contributed by atoms with E-state index in [9.17, 15) is 4.79 Å². The number of primary amides is 1. The van der Waals surface area contributed by atoms with Gasteiger partial charge in [0.2, 0.25) is 5.91 Å². The number of rotatable bonds is 4. The first-order valence-electron chi connectivity index (χ1n) is 5.56. The zero-order valence-electron chi connectivity index (χ0n) is 9.93. The lowest BCUT2D eigenvalue weighted by Crippen LogP contribution is -2.11. The van der Waals surface area contributed by atoms with Crippen LogP contribution in [0.15, 0.2) is 24.3 Å². The summed E-state index contributed by atoms with van der Waals surface area (Å²) in [4.78, 5) is 11.0. The Bertz CT molecular complexity index is 540. The van der Waals surface area contributed by atoms with Crippen molar-refractivity contribution in [3.05, 3.63) is 41.5 Å². The SMILES string of the molecule is CCc1nnc(CCl)n1-c1ccc(C(N)=O)cc1. The molecule has 6 heteroatoms. The molecule has 0 bridgehead atoms. The number of aryl methyl sites for hydroxylation is 1. The van der Waals surface area contributed by atoms with E-state index in [1.165, 1.54) is 0 Å². The molecule has 0 saturated heterocycles. The zero-order valence-corrected chi connectivity index (χ0v) is 10.7. The molecule has 0 aliphatic heterocycles. The fraction of sp³-hybridized carbons (Fsp3) is 0.250. The van der Waals surface area contributed by atoms with E-state index in [-0.39, 0.29) is 5.88 Å². The van der Waals surface area contributed by atoms with Crippen LogP contribution in [-0.4, -0.2) is 20.7 Å². The third-order valence-electron chi connectivity index (χ3n) is 2.64. The zero-order chi connectivity index (χ0) is 13.1. The van der Waals surface area contributed by atoms with Crippen LogP contribution in [0.5, 0.6) is 0 Å². The predicted octanol–water partition coefficient (Wildman–Crippen LogP) is 1.67. The number of hydrogen-bond donors (Lipinski definition) is 1. The van der Waals surface area contributed by atoms with Gasteiger partial charge in [-0.2, -0.15) is 0 Å². The lowest BCUT2D eigenvalue weighted by atomic mass is 10.2. The Morgan fingerprint density at radius 3 is 2.39 bits per heavy atom. The average Bonchev–Trinajstić information content (AvgIpc) is 2.81. The molecule has 0 unspecified atom stereocenters. The summed E-state index contributed by atoms with van der Waals surface area (Å²) in [5.74, 6) is 1.35. The van der Waals surface area contributed by atoms with Crippen LogP contribution in [0.3, 0.4) is 0 Å². The Morgan fingerprint density at radius 2 is 1.89 bits per heavy atom. The first-order valence-corrected chi connectivity index (χ1v) is 6.10. The molecule has 0 radical (unpaired) electrons. The highest BCUT2D eigenvalue weighted by atomic mass is 35.5. The maximum Gasteiger partial charge on any atom is 0.248 e. The number of aromatic nitrogens is 3. The summed E-state index contributed by atoms with van der Waals surface area (Å²) in [5, 5.41) is 8.11. The molecule has 1 amide bonds. The number of carbonyl (C=O) groups excluding carboxylic acids is 1. The van der Waals surface area contributed by atoms with Crippen molar-refractivity contribution in [1.29, 1.82) is 0 Å². The molecule has 18 heavy (non-hydrogen) atoms. The fourth-order valence-electron chi connectivity index (χ4n) is 1.74. The summed E-state index contributed by atoms with van der Waals surface area (Å²) in [7, 11) is 0. The minimum Gasteiger partial charge on any atom is -0.366 e. The van der Waals surface area contributed by atoms with E-state index in [2.05, 4.69) is 10.2 Å². The molecule has 0 aliphatic rings. The molecule has 0 saturated carbocycles. The van der Waals surface area contributed by atoms with Crippen LogP contribution in [0, 0.1) is 0 Å². The highest BCUT2D eigenvalue weighted by Crippen LogP contribution is 2.16. The number of hydrogen-bond acceptors (Lipinski definition) is 3. The van der Waals surface area contributed by atoms with Gasteiger partial charge in [0.15, 0.2) is 5.82 Å². The molecule has 1 aromatic carbocycles. The Hall–Kier alpha value is -1.88. The van der Waals surface area contributed by atoms with Crippen molar-refractivity contribution in [2.75, 3.05) is 0 Å². The van der Waals surface area contributed by atoms with Crippen LogP contribution < -0.4 is 5.73 Å². The summed E-state index contributed by atoms with van der Waals surface area (Å²) >= 11 is 5.84. The van der Waals surface area contributed by atoms with Crippen molar-refractivity contribution >= 4 is 17.5 Å². The minimum atomic E-state index is -0.446. The highest BCUT2D eigenvalue weighted by Gasteiger charge is 2.11. The second-order valence-corrected chi connectivity index (χ2v) is 4.03. The van der Waals surface area contributed by atoms with E-state index < -0.39 is 5.91 Å². The van der Waals surface area contributed by atoms with Crippen molar-refractivity contribution in [2.24, 2.45) is 5.73 Å². The fourth-order valence-corrected chi connectivity index (χ4v) is 1.91. The van der Waals surface area contributed by atoms with Gasteiger partial charge in [-0.25, -0.2) is 0 Å². The molecule has 1 aromatic heterocycles. The van der Waals surface area contributed by atoms with Gasteiger partial charge in [-0.05, 0) is 24.3 Å². The Kier molecular flexibility index (Phi) is 3.62. The topological polar surface area (TPSA) is 73.8 Å². The number of nitrogens with zero attached hydrogens (tertiary/aromatic N) is 3. The van der Waals surface area contributed by atoms with E-state index in [0.29, 0.717) is 11.4 Å². The summed E-state index contributed by atoms with van der Waals surface area (Å²) in [6.45, 7) is 2.00. The van der Waals surface area contributed by atoms with E-state index in [0.717, 1.165) is 17.9 Å². The predicted molar refractivity (Wildman–Crippen MR) is 68.8 cm³/mol. The summed E-state index contributed by atoms with van der Waals surface area (Å²) in [6.07, 6.45) is 0.751. The molecule has 0 atom stereocenters. The van der Waals surface area contributed by atoms with E-state index >= 15 is 0 Å². The van der Waals surface area contributed by atoms with Crippen LogP contribution >= 0.6 is 11.6 Å². The van der Waals surface area contributed by atoms with Crippen LogP contribution in [0.2, 0.25) is 0 Å². The second-order valence-electron chi connectivity index (χ2n) is 3.77. The molecular weight excluding hydrogens is 252 g/mol. The maximum absolute atomic E-state index is 11.0. The average molecular weight is 265 g/mol. The number of nitrogens with two attached hydrogens (primary N) is 1. The van der Waals surface area contributed by atoms with Crippen molar-refractivity contribution in [2.45, 2.75) is 19.2 Å².